The molecule has 21 heavy (non-hydrogen) atoms. The zero-order valence-corrected chi connectivity index (χ0v) is 12.4. The fourth-order valence-corrected chi connectivity index (χ4v) is 2.68. The van der Waals surface area contributed by atoms with Gasteiger partial charge >= 0.3 is 7.60 Å². The quantitative estimate of drug-likeness (QED) is 0.563. The molecule has 2 rings (SSSR count). The van der Waals surface area contributed by atoms with Crippen LogP contribution in [0.2, 0.25) is 0 Å². The first-order valence-corrected chi connectivity index (χ1v) is 8.53. The predicted molar refractivity (Wildman–Crippen MR) is 82.2 cm³/mol. The summed E-state index contributed by atoms with van der Waals surface area (Å²) in [5.74, 6) is -0.143. The van der Waals surface area contributed by atoms with Gasteiger partial charge in [0.05, 0.1) is 12.6 Å². The monoisotopic (exact) mass is 307 g/mol. The van der Waals surface area contributed by atoms with Crippen LogP contribution in [0.4, 0.5) is 0 Å². The molecule has 0 fully saturated rings. The number of nitrogens with one attached hydrogen (secondary N) is 1. The molecule has 0 atom stereocenters. The van der Waals surface area contributed by atoms with Crippen molar-refractivity contribution in [2.75, 3.05) is 12.7 Å². The van der Waals surface area contributed by atoms with Crippen molar-refractivity contribution in [3.05, 3.63) is 48.0 Å². The maximum absolute atomic E-state index is 11.8. The molecule has 2 aromatic carbocycles. The molecule has 0 aromatic heterocycles. The second kappa shape index (κ2) is 6.85. The van der Waals surface area contributed by atoms with E-state index < -0.39 is 7.60 Å². The molecule has 0 heterocycles. The van der Waals surface area contributed by atoms with Crippen molar-refractivity contribution in [2.24, 2.45) is 0 Å². The molecule has 0 bridgehead atoms. The zero-order chi connectivity index (χ0) is 15.3. The van der Waals surface area contributed by atoms with Crippen molar-refractivity contribution in [3.8, 4) is 0 Å². The Hall–Kier alpha value is -1.68. The van der Waals surface area contributed by atoms with Crippen LogP contribution in [0.5, 0.6) is 0 Å². The lowest BCUT2D eigenvalue weighted by Gasteiger charge is -2.07. The summed E-state index contributed by atoms with van der Waals surface area (Å²) in [5.41, 5.74) is 0.918. The van der Waals surface area contributed by atoms with Gasteiger partial charge < -0.3 is 15.1 Å². The summed E-state index contributed by atoms with van der Waals surface area (Å²) in [6.45, 7) is 0.275. The molecule has 1 amide bonds. The summed E-state index contributed by atoms with van der Waals surface area (Å²) in [6, 6.07) is 13.8. The number of rotatable bonds is 6. The second-order valence-corrected chi connectivity index (χ2v) is 6.73. The number of carbonyl (C=O) groups excluding carboxylic acids is 1. The van der Waals surface area contributed by atoms with E-state index in [1.54, 1.807) is 0 Å². The van der Waals surface area contributed by atoms with Crippen LogP contribution in [0.1, 0.15) is 12.0 Å². The number of hydrogen-bond donors (Lipinski definition) is 3. The number of amides is 1. The molecular weight excluding hydrogens is 289 g/mol. The minimum atomic E-state index is -3.97. The van der Waals surface area contributed by atoms with Crippen LogP contribution in [0.15, 0.2) is 42.5 Å². The lowest BCUT2D eigenvalue weighted by molar-refractivity contribution is -0.120. The fraction of sp³-hybridized carbons (Fsp3) is 0.267. The van der Waals surface area contributed by atoms with E-state index in [9.17, 15) is 9.36 Å². The van der Waals surface area contributed by atoms with E-state index in [1.807, 2.05) is 42.5 Å². The minimum absolute atomic E-state index is 0.143. The Morgan fingerprint density at radius 2 is 1.81 bits per heavy atom. The zero-order valence-electron chi connectivity index (χ0n) is 11.5. The molecule has 0 saturated heterocycles. The highest BCUT2D eigenvalue weighted by atomic mass is 31.2. The van der Waals surface area contributed by atoms with Gasteiger partial charge in [-0.2, -0.15) is 0 Å². The highest BCUT2D eigenvalue weighted by Crippen LogP contribution is 2.34. The Morgan fingerprint density at radius 3 is 2.52 bits per heavy atom. The van der Waals surface area contributed by atoms with Crippen LogP contribution in [0.25, 0.3) is 10.8 Å². The number of carbonyl (C=O) groups is 1. The first-order valence-electron chi connectivity index (χ1n) is 6.73. The third-order valence-electron chi connectivity index (χ3n) is 3.13. The van der Waals surface area contributed by atoms with Crippen LogP contribution in [-0.4, -0.2) is 28.4 Å². The second-order valence-electron chi connectivity index (χ2n) is 4.95. The predicted octanol–water partition coefficient (Wildman–Crippen LogP) is 2.07. The van der Waals surface area contributed by atoms with E-state index >= 15 is 0 Å². The van der Waals surface area contributed by atoms with Crippen LogP contribution in [0, 0.1) is 0 Å². The van der Waals surface area contributed by atoms with Crippen LogP contribution in [-0.2, 0) is 15.8 Å². The number of fused-ring (bicyclic) bond motifs is 1. The molecule has 0 radical (unpaired) electrons. The van der Waals surface area contributed by atoms with Crippen LogP contribution < -0.4 is 5.32 Å². The van der Waals surface area contributed by atoms with Crippen molar-refractivity contribution < 1.29 is 19.1 Å². The van der Waals surface area contributed by atoms with Gasteiger partial charge in [0, 0.05) is 6.54 Å². The summed E-state index contributed by atoms with van der Waals surface area (Å²) in [7, 11) is -3.97. The molecule has 0 aliphatic rings. The van der Waals surface area contributed by atoms with Gasteiger partial charge in [0.2, 0.25) is 5.91 Å². The smallest absolute Gasteiger partial charge is 0.325 e. The van der Waals surface area contributed by atoms with Gasteiger partial charge in [0.25, 0.3) is 0 Å². The maximum atomic E-state index is 11.8. The number of benzene rings is 2. The summed E-state index contributed by atoms with van der Waals surface area (Å²) < 4.78 is 10.7. The first-order chi connectivity index (χ1) is 9.94. The molecule has 112 valence electrons. The average Bonchev–Trinajstić information content (AvgIpc) is 2.42. The summed E-state index contributed by atoms with van der Waals surface area (Å²) in [6.07, 6.45) is 0.331. The van der Waals surface area contributed by atoms with Crippen molar-refractivity contribution >= 4 is 24.3 Å². The van der Waals surface area contributed by atoms with Gasteiger partial charge in [0.15, 0.2) is 0 Å². The number of hydrogen-bond acceptors (Lipinski definition) is 2. The summed E-state index contributed by atoms with van der Waals surface area (Å²) in [5, 5.41) is 4.88. The Balaban J connectivity index is 1.85. The van der Waals surface area contributed by atoms with E-state index in [-0.39, 0.29) is 31.5 Å². The van der Waals surface area contributed by atoms with Crippen molar-refractivity contribution in [2.45, 2.75) is 12.8 Å². The molecule has 0 aliphatic carbocycles. The molecule has 5 nitrogen and oxygen atoms in total. The van der Waals surface area contributed by atoms with Gasteiger partial charge in [-0.05, 0) is 22.8 Å². The normalized spacial score (nSPS) is 11.5. The van der Waals surface area contributed by atoms with Gasteiger partial charge in [0.1, 0.15) is 0 Å². The molecule has 0 aliphatic heterocycles. The fourth-order valence-electron chi connectivity index (χ4n) is 2.11. The van der Waals surface area contributed by atoms with E-state index in [1.165, 1.54) is 0 Å². The third kappa shape index (κ3) is 5.31. The van der Waals surface area contributed by atoms with Crippen molar-refractivity contribution in [1.82, 2.24) is 5.32 Å². The molecule has 3 N–H and O–H groups in total. The van der Waals surface area contributed by atoms with Crippen molar-refractivity contribution in [1.29, 1.82) is 0 Å². The summed E-state index contributed by atoms with van der Waals surface area (Å²) in [4.78, 5) is 29.2. The maximum Gasteiger partial charge on any atom is 0.325 e. The van der Waals surface area contributed by atoms with Gasteiger partial charge in [-0.15, -0.1) is 0 Å². The third-order valence-corrected chi connectivity index (χ3v) is 4.03. The van der Waals surface area contributed by atoms with E-state index in [0.717, 1.165) is 16.3 Å². The average molecular weight is 307 g/mol. The van der Waals surface area contributed by atoms with Gasteiger partial charge in [-0.25, -0.2) is 0 Å². The Labute approximate surface area is 123 Å². The lowest BCUT2D eigenvalue weighted by Crippen LogP contribution is -2.26. The van der Waals surface area contributed by atoms with E-state index in [0.29, 0.717) is 0 Å². The lowest BCUT2D eigenvalue weighted by atomic mass is 10.0. The Bertz CT molecular complexity index is 680. The molecule has 2 aromatic rings. The Kier molecular flexibility index (Phi) is 5.12. The molecular formula is C15H18NO4P. The van der Waals surface area contributed by atoms with Gasteiger partial charge in [-0.1, -0.05) is 42.5 Å². The SMILES string of the molecule is O=C(Cc1ccc2ccccc2c1)NCCCP(=O)(O)O. The standard InChI is InChI=1S/C15H18NO4P/c17-15(16-8-3-9-21(18,19)20)11-12-6-7-13-4-1-2-5-14(13)10-12/h1-2,4-7,10H,3,8-9,11H2,(H,16,17)(H2,18,19,20). The van der Waals surface area contributed by atoms with Crippen LogP contribution in [0.3, 0.4) is 0 Å². The Morgan fingerprint density at radius 1 is 1.10 bits per heavy atom. The molecule has 6 heteroatoms. The largest absolute Gasteiger partial charge is 0.356 e. The molecule has 0 unspecified atom stereocenters. The topological polar surface area (TPSA) is 86.6 Å². The molecule has 0 saturated carbocycles. The van der Waals surface area contributed by atoms with E-state index in [2.05, 4.69) is 5.32 Å². The summed E-state index contributed by atoms with van der Waals surface area (Å²) >= 11 is 0. The van der Waals surface area contributed by atoms with E-state index in [4.69, 9.17) is 9.79 Å². The first kappa shape index (κ1) is 15.7. The highest BCUT2D eigenvalue weighted by Gasteiger charge is 2.12. The minimum Gasteiger partial charge on any atom is -0.356 e. The molecule has 0 spiro atoms. The van der Waals surface area contributed by atoms with Crippen molar-refractivity contribution in [3.63, 3.8) is 0 Å². The highest BCUT2D eigenvalue weighted by molar-refractivity contribution is 7.51. The van der Waals surface area contributed by atoms with Gasteiger partial charge in [-0.3, -0.25) is 9.36 Å². The van der Waals surface area contributed by atoms with Crippen LogP contribution >= 0.6 is 7.60 Å².